The Balaban J connectivity index is 2.00. The zero-order chi connectivity index (χ0) is 20.0. The van der Waals surface area contributed by atoms with Gasteiger partial charge < -0.3 is 9.84 Å². The van der Waals surface area contributed by atoms with Crippen LogP contribution in [0.15, 0.2) is 64.8 Å². The summed E-state index contributed by atoms with van der Waals surface area (Å²) in [6, 6.07) is 15.9. The highest BCUT2D eigenvalue weighted by Gasteiger charge is 2.30. The molecule has 1 heterocycles. The van der Waals surface area contributed by atoms with E-state index in [-0.39, 0.29) is 30.7 Å². The van der Waals surface area contributed by atoms with Crippen LogP contribution in [0.2, 0.25) is 0 Å². The van der Waals surface area contributed by atoms with Gasteiger partial charge in [-0.15, -0.1) is 10.2 Å². The number of hydrogen-bond donors (Lipinski definition) is 1. The fourth-order valence-electron chi connectivity index (χ4n) is 2.52. The van der Waals surface area contributed by atoms with E-state index in [0.717, 1.165) is 0 Å². The lowest BCUT2D eigenvalue weighted by Gasteiger charge is -2.17. The molecule has 1 amide bonds. The molecule has 0 saturated heterocycles. The first-order chi connectivity index (χ1) is 13.6. The molecule has 1 aliphatic rings. The quantitative estimate of drug-likeness (QED) is 0.327. The van der Waals surface area contributed by atoms with E-state index in [2.05, 4.69) is 15.5 Å². The lowest BCUT2D eigenvalue weighted by Crippen LogP contribution is -2.14. The Labute approximate surface area is 162 Å². The molecule has 3 rings (SSSR count). The highest BCUT2D eigenvalue weighted by Crippen LogP contribution is 2.50. The molecule has 146 valence electrons. The molecule has 0 spiro atoms. The Hall–Kier alpha value is -2.80. The molecule has 0 atom stereocenters. The summed E-state index contributed by atoms with van der Waals surface area (Å²) in [7, 11) is -3.88. The molecule has 0 bridgehead atoms. The summed E-state index contributed by atoms with van der Waals surface area (Å²) in [5.41, 5.74) is 1.92. The SMILES string of the molecule is CCOP(=O)(OCC)O/C(=N/N=C1\C(=O)Nc2ccccc21)c1ccccc1. The number of amides is 1. The number of nitrogens with one attached hydrogen (secondary N) is 1. The molecule has 0 fully saturated rings. The lowest BCUT2D eigenvalue weighted by molar-refractivity contribution is -0.110. The molecule has 0 aromatic heterocycles. The first-order valence-electron chi connectivity index (χ1n) is 8.77. The Morgan fingerprint density at radius 1 is 1.00 bits per heavy atom. The lowest BCUT2D eigenvalue weighted by atomic mass is 10.1. The van der Waals surface area contributed by atoms with Crippen molar-refractivity contribution < 1.29 is 22.9 Å². The van der Waals surface area contributed by atoms with Gasteiger partial charge in [0.15, 0.2) is 5.71 Å². The van der Waals surface area contributed by atoms with Gasteiger partial charge in [0.2, 0.25) is 0 Å². The maximum Gasteiger partial charge on any atom is 0.531 e. The smallest absolute Gasteiger partial charge is 0.383 e. The molecule has 2 aromatic carbocycles. The van der Waals surface area contributed by atoms with E-state index in [1.165, 1.54) is 0 Å². The molecule has 28 heavy (non-hydrogen) atoms. The van der Waals surface area contributed by atoms with Crippen LogP contribution in [0.25, 0.3) is 0 Å². The van der Waals surface area contributed by atoms with Crippen molar-refractivity contribution in [2.45, 2.75) is 13.8 Å². The van der Waals surface area contributed by atoms with E-state index in [9.17, 15) is 9.36 Å². The standard InChI is InChI=1S/C19H20N3O5P/c1-3-25-28(24,26-4-2)27-19(14-10-6-5-7-11-14)22-21-17-15-12-8-9-13-16(15)20-18(17)23/h5-13H,3-4H2,1-2H3,(H,20,21,23)/b22-19+. The Bertz CT molecular complexity index is 949. The van der Waals surface area contributed by atoms with Gasteiger partial charge in [-0.3, -0.25) is 13.8 Å². The number of carbonyl (C=O) groups is 1. The van der Waals surface area contributed by atoms with Crippen LogP contribution < -0.4 is 5.32 Å². The summed E-state index contributed by atoms with van der Waals surface area (Å²) < 4.78 is 28.6. The first-order valence-corrected chi connectivity index (χ1v) is 10.2. The second-order valence-electron chi connectivity index (χ2n) is 5.59. The van der Waals surface area contributed by atoms with Gasteiger partial charge in [-0.25, -0.2) is 4.57 Å². The van der Waals surface area contributed by atoms with Crippen molar-refractivity contribution in [1.82, 2.24) is 0 Å². The molecule has 2 aromatic rings. The normalized spacial score (nSPS) is 15.4. The van der Waals surface area contributed by atoms with Crippen LogP contribution >= 0.6 is 7.82 Å². The van der Waals surface area contributed by atoms with Crippen molar-refractivity contribution in [3.05, 3.63) is 65.7 Å². The number of phosphoric acid groups is 1. The van der Waals surface area contributed by atoms with Crippen molar-refractivity contribution >= 4 is 31.0 Å². The molecule has 0 radical (unpaired) electrons. The van der Waals surface area contributed by atoms with E-state index < -0.39 is 7.82 Å². The Morgan fingerprint density at radius 3 is 2.32 bits per heavy atom. The molecular weight excluding hydrogens is 381 g/mol. The minimum absolute atomic E-state index is 0.0736. The minimum Gasteiger partial charge on any atom is -0.383 e. The zero-order valence-electron chi connectivity index (χ0n) is 15.5. The van der Waals surface area contributed by atoms with Crippen LogP contribution in [-0.4, -0.2) is 30.7 Å². The van der Waals surface area contributed by atoms with Gasteiger partial charge in [0.1, 0.15) is 0 Å². The van der Waals surface area contributed by atoms with Gasteiger partial charge in [-0.2, -0.15) is 0 Å². The highest BCUT2D eigenvalue weighted by molar-refractivity contribution is 7.49. The largest absolute Gasteiger partial charge is 0.531 e. The molecule has 9 heteroatoms. The van der Waals surface area contributed by atoms with Gasteiger partial charge in [-0.1, -0.05) is 36.4 Å². The topological polar surface area (TPSA) is 98.6 Å². The van der Waals surface area contributed by atoms with Gasteiger partial charge >= 0.3 is 7.82 Å². The van der Waals surface area contributed by atoms with Crippen LogP contribution in [0, 0.1) is 0 Å². The maximum absolute atomic E-state index is 12.8. The van der Waals surface area contributed by atoms with E-state index >= 15 is 0 Å². The predicted molar refractivity (Wildman–Crippen MR) is 107 cm³/mol. The number of hydrogen-bond acceptors (Lipinski definition) is 7. The average Bonchev–Trinajstić information content (AvgIpc) is 3.01. The van der Waals surface area contributed by atoms with Gasteiger partial charge in [0.25, 0.3) is 11.8 Å². The third-order valence-corrected chi connectivity index (χ3v) is 5.23. The summed E-state index contributed by atoms with van der Waals surface area (Å²) >= 11 is 0. The second kappa shape index (κ2) is 8.93. The molecule has 0 unspecified atom stereocenters. The van der Waals surface area contributed by atoms with Crippen molar-refractivity contribution in [1.29, 1.82) is 0 Å². The van der Waals surface area contributed by atoms with Crippen molar-refractivity contribution in [2.75, 3.05) is 18.5 Å². The number of benzene rings is 2. The number of anilines is 1. The third-order valence-electron chi connectivity index (χ3n) is 3.68. The Kier molecular flexibility index (Phi) is 6.36. The summed E-state index contributed by atoms with van der Waals surface area (Å²) in [4.78, 5) is 12.2. The monoisotopic (exact) mass is 401 g/mol. The fraction of sp³-hybridized carbons (Fsp3) is 0.211. The van der Waals surface area contributed by atoms with Crippen LogP contribution in [-0.2, 0) is 22.9 Å². The number of rotatable bonds is 7. The Morgan fingerprint density at radius 2 is 1.64 bits per heavy atom. The van der Waals surface area contributed by atoms with Crippen molar-refractivity contribution in [3.8, 4) is 0 Å². The van der Waals surface area contributed by atoms with E-state index in [4.69, 9.17) is 13.6 Å². The zero-order valence-corrected chi connectivity index (χ0v) is 16.4. The van der Waals surface area contributed by atoms with E-state index in [1.807, 2.05) is 12.1 Å². The molecule has 8 nitrogen and oxygen atoms in total. The van der Waals surface area contributed by atoms with Crippen LogP contribution in [0.3, 0.4) is 0 Å². The van der Waals surface area contributed by atoms with Crippen LogP contribution in [0.5, 0.6) is 0 Å². The fourth-order valence-corrected chi connectivity index (χ4v) is 3.68. The molecule has 0 aliphatic carbocycles. The number of carbonyl (C=O) groups excluding carboxylic acids is 1. The molecule has 0 saturated carbocycles. The number of nitrogens with zero attached hydrogens (tertiary/aromatic N) is 2. The first kappa shape index (κ1) is 19.9. The van der Waals surface area contributed by atoms with E-state index in [1.54, 1.807) is 56.3 Å². The van der Waals surface area contributed by atoms with E-state index in [0.29, 0.717) is 16.8 Å². The van der Waals surface area contributed by atoms with Crippen LogP contribution in [0.4, 0.5) is 5.69 Å². The average molecular weight is 401 g/mol. The number of fused-ring (bicyclic) bond motifs is 1. The van der Waals surface area contributed by atoms with Crippen LogP contribution in [0.1, 0.15) is 25.0 Å². The highest BCUT2D eigenvalue weighted by atomic mass is 31.2. The summed E-state index contributed by atoms with van der Waals surface area (Å²) in [5, 5.41) is 10.8. The second-order valence-corrected chi connectivity index (χ2v) is 7.19. The van der Waals surface area contributed by atoms with Gasteiger partial charge in [0.05, 0.1) is 18.9 Å². The van der Waals surface area contributed by atoms with Gasteiger partial charge in [-0.05, 0) is 32.0 Å². The molecule has 1 aliphatic heterocycles. The van der Waals surface area contributed by atoms with Crippen molar-refractivity contribution in [2.24, 2.45) is 10.2 Å². The molecular formula is C19H20N3O5P. The minimum atomic E-state index is -3.88. The number of para-hydroxylation sites is 1. The van der Waals surface area contributed by atoms with Gasteiger partial charge in [0, 0.05) is 11.1 Å². The summed E-state index contributed by atoms with van der Waals surface area (Å²) in [6.07, 6.45) is 0. The maximum atomic E-state index is 12.8. The predicted octanol–water partition coefficient (Wildman–Crippen LogP) is 3.99. The third kappa shape index (κ3) is 4.54. The van der Waals surface area contributed by atoms with Crippen molar-refractivity contribution in [3.63, 3.8) is 0 Å². The number of phosphoric ester groups is 1. The summed E-state index contributed by atoms with van der Waals surface area (Å²) in [5.74, 6) is -0.453. The molecule has 1 N–H and O–H groups in total. The summed E-state index contributed by atoms with van der Waals surface area (Å²) in [6.45, 7) is 3.61.